The average Bonchev–Trinajstić information content (AvgIpc) is 2.81. The maximum Gasteiger partial charge on any atom is 0.317 e. The van der Waals surface area contributed by atoms with Crippen molar-refractivity contribution in [1.29, 1.82) is 0 Å². The van der Waals surface area contributed by atoms with E-state index in [0.29, 0.717) is 38.0 Å². The Hall–Kier alpha value is -3.22. The van der Waals surface area contributed by atoms with E-state index >= 15 is 0 Å². The summed E-state index contributed by atoms with van der Waals surface area (Å²) in [4.78, 5) is 41.0. The van der Waals surface area contributed by atoms with Crippen molar-refractivity contribution in [1.82, 2.24) is 9.80 Å². The Kier molecular flexibility index (Phi) is 7.62. The number of nitrogens with zero attached hydrogens (tertiary/aromatic N) is 2. The molecule has 0 radical (unpaired) electrons. The number of amides is 2. The lowest BCUT2D eigenvalue weighted by Crippen LogP contribution is -2.49. The van der Waals surface area contributed by atoms with E-state index < -0.39 is 11.4 Å². The monoisotopic (exact) mass is 440 g/mol. The minimum atomic E-state index is -0.896. The van der Waals surface area contributed by atoms with E-state index in [-0.39, 0.29) is 30.8 Å². The van der Waals surface area contributed by atoms with Crippen LogP contribution in [0.4, 0.5) is 4.39 Å². The lowest BCUT2D eigenvalue weighted by Gasteiger charge is -2.40. The van der Waals surface area contributed by atoms with E-state index in [1.807, 2.05) is 37.3 Å². The fourth-order valence-electron chi connectivity index (χ4n) is 4.16. The van der Waals surface area contributed by atoms with Gasteiger partial charge in [-0.2, -0.15) is 0 Å². The molecule has 1 heterocycles. The number of piperidine rings is 1. The summed E-state index contributed by atoms with van der Waals surface area (Å²) in [6.07, 6.45) is 0.870. The number of likely N-dealkylation sites (tertiary alicyclic amines) is 1. The Morgan fingerprint density at radius 3 is 2.34 bits per heavy atom. The quantitative estimate of drug-likeness (QED) is 0.620. The summed E-state index contributed by atoms with van der Waals surface area (Å²) < 4.78 is 19.0. The smallest absolute Gasteiger partial charge is 0.317 e. The molecule has 2 aromatic carbocycles. The highest BCUT2D eigenvalue weighted by Gasteiger charge is 2.45. The lowest BCUT2D eigenvalue weighted by molar-refractivity contribution is -0.159. The van der Waals surface area contributed by atoms with Crippen LogP contribution >= 0.6 is 0 Å². The molecule has 0 aromatic heterocycles. The predicted molar refractivity (Wildman–Crippen MR) is 118 cm³/mol. The minimum absolute atomic E-state index is 0.0221. The minimum Gasteiger partial charge on any atom is -0.455 e. The Balaban J connectivity index is 1.69. The zero-order valence-corrected chi connectivity index (χ0v) is 18.6. The molecule has 0 aliphatic carbocycles. The van der Waals surface area contributed by atoms with Crippen LogP contribution in [-0.4, -0.2) is 53.8 Å². The average molecular weight is 441 g/mol. The first kappa shape index (κ1) is 23.4. The van der Waals surface area contributed by atoms with Crippen molar-refractivity contribution in [2.45, 2.75) is 38.6 Å². The van der Waals surface area contributed by atoms with Crippen LogP contribution < -0.4 is 0 Å². The molecule has 0 unspecified atom stereocenters. The fourth-order valence-corrected chi connectivity index (χ4v) is 4.16. The Morgan fingerprint density at radius 1 is 1.06 bits per heavy atom. The van der Waals surface area contributed by atoms with Crippen molar-refractivity contribution in [3.8, 4) is 0 Å². The molecule has 1 saturated heterocycles. The number of hydrogen-bond acceptors (Lipinski definition) is 4. The highest BCUT2D eigenvalue weighted by Crippen LogP contribution is 2.37. The van der Waals surface area contributed by atoms with Crippen molar-refractivity contribution in [3.63, 3.8) is 0 Å². The molecule has 0 saturated carbocycles. The van der Waals surface area contributed by atoms with Crippen molar-refractivity contribution < 1.29 is 23.5 Å². The summed E-state index contributed by atoms with van der Waals surface area (Å²) in [5, 5.41) is 0. The van der Waals surface area contributed by atoms with Crippen molar-refractivity contribution in [3.05, 3.63) is 71.5 Å². The van der Waals surface area contributed by atoms with E-state index in [9.17, 15) is 18.8 Å². The van der Waals surface area contributed by atoms with E-state index in [4.69, 9.17) is 4.74 Å². The fraction of sp³-hybridized carbons (Fsp3) is 0.400. The van der Waals surface area contributed by atoms with E-state index in [2.05, 4.69) is 0 Å². The SMILES string of the molecule is CCN(Cc1cccc(F)c1)C(=O)COC(=O)C1(c2ccccc2)CCN(C(C)=O)CC1. The second kappa shape index (κ2) is 10.4. The number of ether oxygens (including phenoxy) is 1. The molecule has 7 heteroatoms. The Labute approximate surface area is 188 Å². The van der Waals surface area contributed by atoms with Gasteiger partial charge in [0.1, 0.15) is 5.82 Å². The van der Waals surface area contributed by atoms with Gasteiger partial charge in [0.25, 0.3) is 5.91 Å². The van der Waals surface area contributed by atoms with Crippen LogP contribution in [0.15, 0.2) is 54.6 Å². The zero-order valence-electron chi connectivity index (χ0n) is 18.6. The third kappa shape index (κ3) is 5.33. The third-order valence-corrected chi connectivity index (χ3v) is 6.10. The second-order valence-corrected chi connectivity index (χ2v) is 8.07. The predicted octanol–water partition coefficient (Wildman–Crippen LogP) is 3.30. The van der Waals surface area contributed by atoms with Gasteiger partial charge in [-0.1, -0.05) is 42.5 Å². The second-order valence-electron chi connectivity index (χ2n) is 8.07. The van der Waals surface area contributed by atoms with Gasteiger partial charge in [0.05, 0.1) is 5.41 Å². The molecule has 2 amide bonds. The first-order chi connectivity index (χ1) is 15.4. The molecule has 0 atom stereocenters. The number of esters is 1. The number of halogens is 1. The number of carbonyl (C=O) groups is 3. The van der Waals surface area contributed by atoms with Gasteiger partial charge in [0.2, 0.25) is 5.91 Å². The first-order valence-corrected chi connectivity index (χ1v) is 10.9. The van der Waals surface area contributed by atoms with Crippen LogP contribution in [0.3, 0.4) is 0 Å². The largest absolute Gasteiger partial charge is 0.455 e. The van der Waals surface area contributed by atoms with Gasteiger partial charge in [-0.15, -0.1) is 0 Å². The molecule has 32 heavy (non-hydrogen) atoms. The van der Waals surface area contributed by atoms with Gasteiger partial charge in [-0.05, 0) is 43.0 Å². The number of hydrogen-bond donors (Lipinski definition) is 0. The summed E-state index contributed by atoms with van der Waals surface area (Å²) in [6, 6.07) is 15.5. The van der Waals surface area contributed by atoms with Crippen molar-refractivity contribution in [2.75, 3.05) is 26.2 Å². The molecule has 170 valence electrons. The van der Waals surface area contributed by atoms with Gasteiger partial charge in [-0.3, -0.25) is 14.4 Å². The lowest BCUT2D eigenvalue weighted by atomic mass is 9.72. The van der Waals surface area contributed by atoms with Crippen LogP contribution in [-0.2, 0) is 31.1 Å². The summed E-state index contributed by atoms with van der Waals surface area (Å²) in [5.74, 6) is -1.18. The molecule has 0 N–H and O–H groups in total. The summed E-state index contributed by atoms with van der Waals surface area (Å²) in [6.45, 7) is 4.51. The molecule has 2 aromatic rings. The Bertz CT molecular complexity index is 955. The number of benzene rings is 2. The molecule has 1 fully saturated rings. The van der Waals surface area contributed by atoms with Gasteiger partial charge in [-0.25, -0.2) is 4.39 Å². The molecule has 0 spiro atoms. The maximum absolute atomic E-state index is 13.5. The molecule has 1 aliphatic heterocycles. The van der Waals surface area contributed by atoms with E-state index in [0.717, 1.165) is 5.56 Å². The van der Waals surface area contributed by atoms with Gasteiger partial charge in [0.15, 0.2) is 6.61 Å². The van der Waals surface area contributed by atoms with Gasteiger partial charge >= 0.3 is 5.97 Å². The number of carbonyl (C=O) groups excluding carboxylic acids is 3. The van der Waals surface area contributed by atoms with Gasteiger partial charge in [0, 0.05) is 33.1 Å². The highest BCUT2D eigenvalue weighted by atomic mass is 19.1. The standard InChI is InChI=1S/C25H29FN2O4/c1-3-27(17-20-8-7-11-22(26)16-20)23(30)18-32-24(31)25(21-9-5-4-6-10-21)12-14-28(15-13-25)19(2)29/h4-11,16H,3,12-15,17-18H2,1-2H3. The normalized spacial score (nSPS) is 15.2. The van der Waals surface area contributed by atoms with Crippen LogP contribution in [0, 0.1) is 5.82 Å². The molecule has 1 aliphatic rings. The van der Waals surface area contributed by atoms with E-state index in [1.54, 1.807) is 17.0 Å². The van der Waals surface area contributed by atoms with E-state index in [1.165, 1.54) is 24.0 Å². The van der Waals surface area contributed by atoms with Crippen LogP contribution in [0.2, 0.25) is 0 Å². The highest BCUT2D eigenvalue weighted by molar-refractivity contribution is 5.87. The molecule has 3 rings (SSSR count). The third-order valence-electron chi connectivity index (χ3n) is 6.10. The van der Waals surface area contributed by atoms with Crippen LogP contribution in [0.1, 0.15) is 37.8 Å². The van der Waals surface area contributed by atoms with Crippen LogP contribution in [0.5, 0.6) is 0 Å². The molecular formula is C25H29FN2O4. The first-order valence-electron chi connectivity index (χ1n) is 10.9. The molecule has 6 nitrogen and oxygen atoms in total. The molecular weight excluding hydrogens is 411 g/mol. The van der Waals surface area contributed by atoms with Crippen LogP contribution in [0.25, 0.3) is 0 Å². The Morgan fingerprint density at radius 2 is 1.75 bits per heavy atom. The number of rotatable bonds is 7. The zero-order chi connectivity index (χ0) is 23.1. The van der Waals surface area contributed by atoms with Crippen molar-refractivity contribution in [2.24, 2.45) is 0 Å². The molecule has 0 bridgehead atoms. The summed E-state index contributed by atoms with van der Waals surface area (Å²) in [5.41, 5.74) is 0.601. The number of likely N-dealkylation sites (N-methyl/N-ethyl adjacent to an activating group) is 1. The van der Waals surface area contributed by atoms with Crippen molar-refractivity contribution >= 4 is 17.8 Å². The topological polar surface area (TPSA) is 66.9 Å². The summed E-state index contributed by atoms with van der Waals surface area (Å²) >= 11 is 0. The summed E-state index contributed by atoms with van der Waals surface area (Å²) in [7, 11) is 0. The maximum atomic E-state index is 13.5. The van der Waals surface area contributed by atoms with Gasteiger partial charge < -0.3 is 14.5 Å².